The molecular formula is C37H22ClNS. The maximum Gasteiger partial charge on any atom is 0.0726 e. The Balaban J connectivity index is 1.30. The minimum Gasteiger partial charge on any atom is -0.354 e. The molecule has 0 radical (unpaired) electrons. The first-order valence-corrected chi connectivity index (χ1v) is 14.7. The van der Waals surface area contributed by atoms with Crippen molar-refractivity contribution in [2.45, 2.75) is 5.41 Å². The van der Waals surface area contributed by atoms with Crippen LogP contribution in [0.4, 0.5) is 11.4 Å². The molecule has 2 aliphatic rings. The van der Waals surface area contributed by atoms with Gasteiger partial charge in [-0.3, -0.25) is 0 Å². The van der Waals surface area contributed by atoms with Gasteiger partial charge >= 0.3 is 0 Å². The molecule has 2 aliphatic carbocycles. The molecule has 0 bridgehead atoms. The van der Waals surface area contributed by atoms with Crippen LogP contribution < -0.4 is 5.32 Å². The van der Waals surface area contributed by atoms with E-state index in [0.717, 1.165) is 16.4 Å². The minimum atomic E-state index is -0.351. The summed E-state index contributed by atoms with van der Waals surface area (Å²) in [6.45, 7) is 0. The number of thiophene rings is 1. The second-order valence-electron chi connectivity index (χ2n) is 10.7. The van der Waals surface area contributed by atoms with Gasteiger partial charge in [0.15, 0.2) is 0 Å². The Labute approximate surface area is 241 Å². The first-order chi connectivity index (χ1) is 19.7. The lowest BCUT2D eigenvalue weighted by Crippen LogP contribution is -2.25. The molecule has 3 heteroatoms. The topological polar surface area (TPSA) is 12.0 Å². The van der Waals surface area contributed by atoms with E-state index in [1.165, 1.54) is 64.7 Å². The van der Waals surface area contributed by atoms with Gasteiger partial charge in [-0.05, 0) is 63.2 Å². The van der Waals surface area contributed by atoms with Crippen LogP contribution in [0.1, 0.15) is 22.3 Å². The smallest absolute Gasteiger partial charge is 0.0726 e. The Morgan fingerprint density at radius 3 is 1.85 bits per heavy atom. The van der Waals surface area contributed by atoms with Gasteiger partial charge in [-0.2, -0.15) is 0 Å². The number of benzene rings is 6. The fourth-order valence-corrected chi connectivity index (χ4v) is 8.57. The molecular weight excluding hydrogens is 526 g/mol. The SMILES string of the molecule is Clc1cc2c(cc1Nc1cccc3c1-c1ccccc1C31c3ccccc3-c3ccccc31)sc1ccccc12. The summed E-state index contributed by atoms with van der Waals surface area (Å²) in [6.07, 6.45) is 0. The zero-order chi connectivity index (χ0) is 26.4. The van der Waals surface area contributed by atoms with Gasteiger partial charge in [-0.15, -0.1) is 11.3 Å². The van der Waals surface area contributed by atoms with Crippen LogP contribution in [0.15, 0.2) is 127 Å². The van der Waals surface area contributed by atoms with Crippen LogP contribution in [0, 0.1) is 0 Å². The van der Waals surface area contributed by atoms with Crippen LogP contribution in [-0.4, -0.2) is 0 Å². The lowest BCUT2D eigenvalue weighted by Gasteiger charge is -2.30. The zero-order valence-electron chi connectivity index (χ0n) is 21.4. The summed E-state index contributed by atoms with van der Waals surface area (Å²) in [5.74, 6) is 0. The average Bonchev–Trinajstić information content (AvgIpc) is 3.61. The second kappa shape index (κ2) is 8.08. The van der Waals surface area contributed by atoms with Gasteiger partial charge in [0.2, 0.25) is 0 Å². The molecule has 0 saturated heterocycles. The standard InChI is InChI=1S/C37H22ClNS/c38-31-20-26-24-12-4-8-19-34(24)40-35(26)21-33(31)39-32-18-9-17-30-36(32)25-13-3-7-16-29(25)37(30)27-14-5-1-10-22(27)23-11-2-6-15-28(23)37/h1-21,39H. The normalized spacial score (nSPS) is 13.8. The van der Waals surface area contributed by atoms with E-state index in [2.05, 4.69) is 133 Å². The lowest BCUT2D eigenvalue weighted by molar-refractivity contribution is 0.794. The average molecular weight is 548 g/mol. The summed E-state index contributed by atoms with van der Waals surface area (Å²) in [6, 6.07) is 46.3. The molecule has 1 heterocycles. The summed E-state index contributed by atoms with van der Waals surface area (Å²) >= 11 is 8.77. The van der Waals surface area contributed by atoms with Crippen molar-refractivity contribution in [2.24, 2.45) is 0 Å². The molecule has 1 N–H and O–H groups in total. The van der Waals surface area contributed by atoms with Gasteiger partial charge in [0.25, 0.3) is 0 Å². The highest BCUT2D eigenvalue weighted by atomic mass is 35.5. The summed E-state index contributed by atoms with van der Waals surface area (Å²) in [5.41, 5.74) is 12.2. The maximum absolute atomic E-state index is 6.96. The van der Waals surface area contributed by atoms with Crippen LogP contribution in [0.3, 0.4) is 0 Å². The third kappa shape index (κ3) is 2.77. The molecule has 1 spiro atoms. The van der Waals surface area contributed by atoms with Crippen molar-refractivity contribution in [1.82, 2.24) is 0 Å². The van der Waals surface area contributed by atoms with Gasteiger partial charge in [-0.1, -0.05) is 115 Å². The van der Waals surface area contributed by atoms with Crippen LogP contribution in [0.2, 0.25) is 5.02 Å². The molecule has 0 aliphatic heterocycles. The molecule has 0 saturated carbocycles. The molecule has 188 valence electrons. The predicted octanol–water partition coefficient (Wildman–Crippen LogP) is 10.8. The summed E-state index contributed by atoms with van der Waals surface area (Å²) in [4.78, 5) is 0. The molecule has 40 heavy (non-hydrogen) atoms. The van der Waals surface area contributed by atoms with E-state index in [1.807, 2.05) is 11.3 Å². The number of halogens is 1. The molecule has 0 fully saturated rings. The Bertz CT molecular complexity index is 2130. The molecule has 1 aromatic heterocycles. The second-order valence-corrected chi connectivity index (χ2v) is 12.2. The number of anilines is 2. The number of rotatable bonds is 2. The molecule has 0 amide bonds. The van der Waals surface area contributed by atoms with Gasteiger partial charge in [-0.25, -0.2) is 0 Å². The summed E-state index contributed by atoms with van der Waals surface area (Å²) < 4.78 is 2.51. The van der Waals surface area contributed by atoms with Gasteiger partial charge in [0.1, 0.15) is 0 Å². The van der Waals surface area contributed by atoms with E-state index in [-0.39, 0.29) is 5.41 Å². The number of nitrogens with one attached hydrogen (secondary N) is 1. The van der Waals surface area contributed by atoms with Crippen molar-refractivity contribution in [2.75, 3.05) is 5.32 Å². The predicted molar refractivity (Wildman–Crippen MR) is 170 cm³/mol. The Hall–Kier alpha value is -4.37. The van der Waals surface area contributed by atoms with Gasteiger partial charge in [0, 0.05) is 31.4 Å². The first-order valence-electron chi connectivity index (χ1n) is 13.6. The van der Waals surface area contributed by atoms with E-state index in [1.54, 1.807) is 0 Å². The Morgan fingerprint density at radius 2 is 1.10 bits per heavy atom. The van der Waals surface area contributed by atoms with E-state index >= 15 is 0 Å². The summed E-state index contributed by atoms with van der Waals surface area (Å²) in [5, 5.41) is 6.97. The van der Waals surface area contributed by atoms with Crippen LogP contribution in [-0.2, 0) is 5.41 Å². The molecule has 0 atom stereocenters. The van der Waals surface area contributed by atoms with Crippen molar-refractivity contribution < 1.29 is 0 Å². The van der Waals surface area contributed by atoms with Crippen molar-refractivity contribution in [3.8, 4) is 22.3 Å². The number of hydrogen-bond donors (Lipinski definition) is 1. The number of fused-ring (bicyclic) bond motifs is 13. The van der Waals surface area contributed by atoms with Crippen molar-refractivity contribution >= 4 is 54.5 Å². The highest BCUT2D eigenvalue weighted by Crippen LogP contribution is 2.63. The summed E-state index contributed by atoms with van der Waals surface area (Å²) in [7, 11) is 0. The highest BCUT2D eigenvalue weighted by Gasteiger charge is 2.51. The first kappa shape index (κ1) is 22.4. The van der Waals surface area contributed by atoms with Crippen LogP contribution in [0.25, 0.3) is 42.4 Å². The van der Waals surface area contributed by atoms with Crippen LogP contribution in [0.5, 0.6) is 0 Å². The third-order valence-electron chi connectivity index (χ3n) is 8.76. The highest BCUT2D eigenvalue weighted by molar-refractivity contribution is 7.25. The fraction of sp³-hybridized carbons (Fsp3) is 0.0270. The largest absolute Gasteiger partial charge is 0.354 e. The van der Waals surface area contributed by atoms with Crippen molar-refractivity contribution in [3.05, 3.63) is 155 Å². The minimum absolute atomic E-state index is 0.351. The van der Waals surface area contributed by atoms with E-state index in [0.29, 0.717) is 0 Å². The number of hydrogen-bond acceptors (Lipinski definition) is 2. The third-order valence-corrected chi connectivity index (χ3v) is 10.2. The van der Waals surface area contributed by atoms with Crippen molar-refractivity contribution in [1.29, 1.82) is 0 Å². The maximum atomic E-state index is 6.96. The van der Waals surface area contributed by atoms with E-state index in [4.69, 9.17) is 11.6 Å². The van der Waals surface area contributed by atoms with Gasteiger partial charge < -0.3 is 5.32 Å². The fourth-order valence-electron chi connectivity index (χ4n) is 7.23. The molecule has 1 nitrogen and oxygen atoms in total. The molecule has 0 unspecified atom stereocenters. The van der Waals surface area contributed by atoms with Crippen LogP contribution >= 0.6 is 22.9 Å². The molecule has 6 aromatic carbocycles. The van der Waals surface area contributed by atoms with E-state index in [9.17, 15) is 0 Å². The zero-order valence-corrected chi connectivity index (χ0v) is 23.0. The van der Waals surface area contributed by atoms with Crippen molar-refractivity contribution in [3.63, 3.8) is 0 Å². The monoisotopic (exact) mass is 547 g/mol. The molecule has 9 rings (SSSR count). The van der Waals surface area contributed by atoms with E-state index < -0.39 is 0 Å². The quantitative estimate of drug-likeness (QED) is 0.227. The van der Waals surface area contributed by atoms with Gasteiger partial charge in [0.05, 0.1) is 16.1 Å². The molecule has 7 aromatic rings. The Morgan fingerprint density at radius 1 is 0.500 bits per heavy atom. The Kier molecular flexibility index (Phi) is 4.53. The lowest BCUT2D eigenvalue weighted by atomic mass is 9.70.